The molecule has 148 valence electrons. The largest absolute Gasteiger partial charge is 0.433 e. The van der Waals surface area contributed by atoms with Gasteiger partial charge in [-0.15, -0.1) is 0 Å². The van der Waals surface area contributed by atoms with Gasteiger partial charge in [0.2, 0.25) is 0 Å². The van der Waals surface area contributed by atoms with E-state index in [2.05, 4.69) is 10.3 Å². The lowest BCUT2D eigenvalue weighted by atomic mass is 9.91. The molecule has 1 aliphatic rings. The molecule has 27 heavy (non-hydrogen) atoms. The molecule has 2 atom stereocenters. The molecule has 0 saturated carbocycles. The van der Waals surface area contributed by atoms with Gasteiger partial charge in [-0.2, -0.15) is 26.3 Å². The number of nitrogens with one attached hydrogen (secondary N) is 1. The van der Waals surface area contributed by atoms with Gasteiger partial charge in [-0.05, 0) is 37.1 Å². The Morgan fingerprint density at radius 3 is 2.41 bits per heavy atom. The fourth-order valence-corrected chi connectivity index (χ4v) is 3.98. The third-order valence-electron chi connectivity index (χ3n) is 4.58. The van der Waals surface area contributed by atoms with E-state index in [1.54, 1.807) is 23.0 Å². The maximum absolute atomic E-state index is 13.3. The molecule has 1 fully saturated rings. The van der Waals surface area contributed by atoms with Crippen molar-refractivity contribution in [3.63, 3.8) is 0 Å². The van der Waals surface area contributed by atoms with E-state index in [0.717, 1.165) is 25.0 Å². The van der Waals surface area contributed by atoms with Crippen LogP contribution < -0.4 is 5.32 Å². The zero-order valence-corrected chi connectivity index (χ0v) is 16.0. The highest BCUT2D eigenvalue weighted by Gasteiger charge is 2.39. The van der Waals surface area contributed by atoms with Crippen LogP contribution in [0.3, 0.4) is 0 Å². The Bertz CT molecular complexity index is 817. The van der Waals surface area contributed by atoms with Crippen molar-refractivity contribution in [1.82, 2.24) is 10.3 Å². The average molecular weight is 504 g/mol. The summed E-state index contributed by atoms with van der Waals surface area (Å²) in [7, 11) is 0. The minimum Gasteiger partial charge on any atom is -0.311 e. The molecule has 1 saturated heterocycles. The lowest BCUT2D eigenvalue weighted by Crippen LogP contribution is -2.39. The second kappa shape index (κ2) is 7.70. The Kier molecular flexibility index (Phi) is 5.88. The van der Waals surface area contributed by atoms with Crippen LogP contribution in [0.4, 0.5) is 26.3 Å². The molecule has 0 spiro atoms. The number of hydrogen-bond donors (Lipinski definition) is 1. The van der Waals surface area contributed by atoms with Crippen LogP contribution in [0.25, 0.3) is 10.9 Å². The Morgan fingerprint density at radius 1 is 1.11 bits per heavy atom. The Labute approximate surface area is 165 Å². The third kappa shape index (κ3) is 4.32. The van der Waals surface area contributed by atoms with Gasteiger partial charge in [0.15, 0.2) is 0 Å². The van der Waals surface area contributed by atoms with Gasteiger partial charge in [-0.25, -0.2) is 4.98 Å². The van der Waals surface area contributed by atoms with Gasteiger partial charge in [0.05, 0.1) is 11.1 Å². The van der Waals surface area contributed by atoms with Crippen LogP contribution in [0.15, 0.2) is 24.3 Å². The number of benzene rings is 1. The molecule has 2 aromatic rings. The molecule has 3 nitrogen and oxygen atoms in total. The summed E-state index contributed by atoms with van der Waals surface area (Å²) in [5.41, 5.74) is -3.23. The molecule has 1 aromatic heterocycles. The number of fused-ring (bicyclic) bond motifs is 1. The van der Waals surface area contributed by atoms with Crippen molar-refractivity contribution in [2.45, 2.75) is 43.8 Å². The number of para-hydroxylation sites is 1. The molecule has 2 unspecified atom stereocenters. The second-order valence-corrected chi connectivity index (χ2v) is 6.87. The van der Waals surface area contributed by atoms with Crippen molar-refractivity contribution in [2.75, 3.05) is 6.54 Å². The summed E-state index contributed by atoms with van der Waals surface area (Å²) >= 11 is 1.58. The highest BCUT2D eigenvalue weighted by atomic mass is 127. The maximum atomic E-state index is 13.3. The quantitative estimate of drug-likeness (QED) is 0.423. The van der Waals surface area contributed by atoms with Crippen molar-refractivity contribution >= 4 is 33.9 Å². The molecule has 0 amide bonds. The molecule has 0 radical (unpaired) electrons. The van der Waals surface area contributed by atoms with E-state index in [0.29, 0.717) is 13.0 Å². The number of piperidine rings is 1. The summed E-state index contributed by atoms with van der Waals surface area (Å²) in [6.45, 7) is 0.671. The van der Waals surface area contributed by atoms with Crippen molar-refractivity contribution in [3.8, 4) is 0 Å². The van der Waals surface area contributed by atoms with E-state index in [1.165, 1.54) is 12.1 Å². The summed E-state index contributed by atoms with van der Waals surface area (Å²) in [5, 5.41) is 3.19. The first-order chi connectivity index (χ1) is 12.6. The maximum Gasteiger partial charge on any atom is 0.433 e. The van der Waals surface area contributed by atoms with Crippen LogP contribution in [-0.4, -0.2) is 17.6 Å². The van der Waals surface area contributed by atoms with Gasteiger partial charge in [-0.1, -0.05) is 18.6 Å². The van der Waals surface area contributed by atoms with E-state index < -0.39 is 35.2 Å². The number of halogens is 7. The standard InChI is InChI=1S/C17H15F6IN2O/c18-16(19,20)11-5-3-4-9-10(8-13(17(21,22)23)26-14(9)11)15(27-24)12-6-1-2-7-25-12/h3-5,8,12,15,25H,1-2,6-7H2. The highest BCUT2D eigenvalue weighted by Crippen LogP contribution is 2.41. The first-order valence-electron chi connectivity index (χ1n) is 8.21. The summed E-state index contributed by atoms with van der Waals surface area (Å²) in [5.74, 6) is 0. The molecular formula is C17H15F6IN2O. The summed E-state index contributed by atoms with van der Waals surface area (Å²) < 4.78 is 85.5. The van der Waals surface area contributed by atoms with Crippen molar-refractivity contribution < 1.29 is 29.4 Å². The third-order valence-corrected chi connectivity index (χ3v) is 5.13. The van der Waals surface area contributed by atoms with Gasteiger partial charge in [0.25, 0.3) is 0 Å². The Hall–Kier alpha value is -1.14. The highest BCUT2D eigenvalue weighted by molar-refractivity contribution is 14.1. The molecule has 1 aromatic carbocycles. The predicted molar refractivity (Wildman–Crippen MR) is 95.2 cm³/mol. The van der Waals surface area contributed by atoms with Crippen LogP contribution in [0, 0.1) is 0 Å². The Morgan fingerprint density at radius 2 is 1.85 bits per heavy atom. The van der Waals surface area contributed by atoms with E-state index >= 15 is 0 Å². The lowest BCUT2D eigenvalue weighted by molar-refractivity contribution is -0.142. The zero-order chi connectivity index (χ0) is 19.8. The van der Waals surface area contributed by atoms with Gasteiger partial charge >= 0.3 is 12.4 Å². The average Bonchev–Trinajstić information content (AvgIpc) is 2.61. The van der Waals surface area contributed by atoms with Gasteiger partial charge in [0.1, 0.15) is 34.8 Å². The molecule has 2 heterocycles. The van der Waals surface area contributed by atoms with E-state index in [4.69, 9.17) is 3.07 Å². The summed E-state index contributed by atoms with van der Waals surface area (Å²) in [6, 6.07) is 3.75. The van der Waals surface area contributed by atoms with E-state index in [9.17, 15) is 26.3 Å². The first-order valence-corrected chi connectivity index (χ1v) is 9.10. The minimum atomic E-state index is -4.88. The van der Waals surface area contributed by atoms with Crippen LogP contribution in [-0.2, 0) is 15.4 Å². The molecule has 1 N–H and O–H groups in total. The predicted octanol–water partition coefficient (Wildman–Crippen LogP) is 5.82. The fraction of sp³-hybridized carbons (Fsp3) is 0.471. The van der Waals surface area contributed by atoms with Gasteiger partial charge in [0, 0.05) is 11.4 Å². The monoisotopic (exact) mass is 504 g/mol. The summed E-state index contributed by atoms with van der Waals surface area (Å²) in [6.07, 6.45) is -8.10. The van der Waals surface area contributed by atoms with Crippen molar-refractivity contribution in [1.29, 1.82) is 0 Å². The van der Waals surface area contributed by atoms with Gasteiger partial charge < -0.3 is 8.38 Å². The lowest BCUT2D eigenvalue weighted by Gasteiger charge is -2.31. The fourth-order valence-electron chi connectivity index (χ4n) is 3.35. The van der Waals surface area contributed by atoms with Crippen molar-refractivity contribution in [3.05, 3.63) is 41.1 Å². The molecule has 0 bridgehead atoms. The smallest absolute Gasteiger partial charge is 0.311 e. The number of aromatic nitrogens is 1. The molecular weight excluding hydrogens is 489 g/mol. The molecule has 1 aliphatic heterocycles. The number of nitrogens with zero attached hydrogens (tertiary/aromatic N) is 1. The topological polar surface area (TPSA) is 34.1 Å². The van der Waals surface area contributed by atoms with Crippen LogP contribution in [0.1, 0.15) is 42.2 Å². The summed E-state index contributed by atoms with van der Waals surface area (Å²) in [4.78, 5) is 3.31. The number of hydrogen-bond acceptors (Lipinski definition) is 3. The number of rotatable bonds is 3. The normalized spacial score (nSPS) is 20.0. The molecule has 10 heteroatoms. The minimum absolute atomic E-state index is 0.00636. The van der Waals surface area contributed by atoms with Crippen molar-refractivity contribution in [2.24, 2.45) is 0 Å². The number of pyridine rings is 1. The Balaban J connectivity index is 2.26. The zero-order valence-electron chi connectivity index (χ0n) is 13.8. The van der Waals surface area contributed by atoms with Gasteiger partial charge in [-0.3, -0.25) is 0 Å². The van der Waals surface area contributed by atoms with Crippen LogP contribution in [0.2, 0.25) is 0 Å². The second-order valence-electron chi connectivity index (χ2n) is 6.36. The molecule has 3 rings (SSSR count). The molecule has 0 aliphatic carbocycles. The number of alkyl halides is 6. The van der Waals surface area contributed by atoms with E-state index in [1.807, 2.05) is 0 Å². The first kappa shape index (κ1) is 20.6. The SMILES string of the molecule is FC(F)(F)c1cc(C(OI)C2CCCCN2)c2cccc(C(F)(F)F)c2n1. The van der Waals surface area contributed by atoms with E-state index in [-0.39, 0.29) is 17.0 Å². The van der Waals surface area contributed by atoms with Crippen LogP contribution >= 0.6 is 23.0 Å². The van der Waals surface area contributed by atoms with Crippen LogP contribution in [0.5, 0.6) is 0 Å².